The number of hydrogen-bond donors (Lipinski definition) is 1. The van der Waals surface area contributed by atoms with Crippen molar-refractivity contribution in [1.82, 2.24) is 4.98 Å². The molecule has 1 aromatic heterocycles. The topological polar surface area (TPSA) is 42.4 Å². The molecule has 1 heterocycles. The molecule has 0 spiro atoms. The highest BCUT2D eigenvalue weighted by Gasteiger charge is 2.32. The largest absolute Gasteiger partial charge is 0.508 e. The van der Waals surface area contributed by atoms with Crippen molar-refractivity contribution in [3.05, 3.63) is 48.2 Å². The first kappa shape index (κ1) is 12.2. The summed E-state index contributed by atoms with van der Waals surface area (Å²) >= 11 is 0. The molecule has 2 rings (SSSR count). The summed E-state index contributed by atoms with van der Waals surface area (Å²) in [4.78, 5) is 3.35. The smallest absolute Gasteiger partial charge is 0.433 e. The van der Waals surface area contributed by atoms with Crippen LogP contribution in [0.4, 0.5) is 13.2 Å². The van der Waals surface area contributed by atoms with Crippen molar-refractivity contribution in [1.29, 1.82) is 0 Å². The van der Waals surface area contributed by atoms with Crippen molar-refractivity contribution >= 4 is 0 Å². The highest BCUT2D eigenvalue weighted by Crippen LogP contribution is 2.30. The van der Waals surface area contributed by atoms with E-state index in [-0.39, 0.29) is 11.6 Å². The van der Waals surface area contributed by atoms with Gasteiger partial charge in [-0.1, -0.05) is 6.07 Å². The van der Waals surface area contributed by atoms with Gasteiger partial charge in [-0.05, 0) is 30.3 Å². The second kappa shape index (κ2) is 4.56. The maximum Gasteiger partial charge on any atom is 0.433 e. The minimum absolute atomic E-state index is 0.0411. The van der Waals surface area contributed by atoms with E-state index in [1.54, 1.807) is 0 Å². The molecule has 3 nitrogen and oxygen atoms in total. The zero-order valence-electron chi connectivity index (χ0n) is 8.98. The predicted octanol–water partition coefficient (Wildman–Crippen LogP) is 3.60. The number of ether oxygens (including phenoxy) is 1. The van der Waals surface area contributed by atoms with Gasteiger partial charge in [0.05, 0.1) is 0 Å². The Balaban J connectivity index is 2.22. The van der Waals surface area contributed by atoms with Gasteiger partial charge in [0.25, 0.3) is 0 Å². The molecule has 0 radical (unpaired) electrons. The number of aromatic nitrogens is 1. The molecular formula is C12H8F3NO2. The van der Waals surface area contributed by atoms with Crippen molar-refractivity contribution in [3.8, 4) is 17.4 Å². The predicted molar refractivity (Wildman–Crippen MR) is 57.4 cm³/mol. The lowest BCUT2D eigenvalue weighted by Gasteiger charge is -2.08. The number of aromatic hydroxyl groups is 1. The van der Waals surface area contributed by atoms with Crippen molar-refractivity contribution in [2.45, 2.75) is 6.18 Å². The Morgan fingerprint density at radius 2 is 1.67 bits per heavy atom. The fourth-order valence-electron chi connectivity index (χ4n) is 1.26. The third-order valence-electron chi connectivity index (χ3n) is 2.07. The number of benzene rings is 1. The zero-order valence-corrected chi connectivity index (χ0v) is 8.98. The number of alkyl halides is 3. The monoisotopic (exact) mass is 255 g/mol. The molecule has 0 unspecified atom stereocenters. The van der Waals surface area contributed by atoms with E-state index in [9.17, 15) is 13.2 Å². The van der Waals surface area contributed by atoms with Crippen molar-refractivity contribution in [2.75, 3.05) is 0 Å². The average molecular weight is 255 g/mol. The minimum Gasteiger partial charge on any atom is -0.508 e. The Hall–Kier alpha value is -2.24. The molecule has 94 valence electrons. The summed E-state index contributed by atoms with van der Waals surface area (Å²) < 4.78 is 42.4. The number of phenolic OH excluding ortho intramolecular Hbond substituents is 1. The lowest BCUT2D eigenvalue weighted by atomic mass is 10.3. The van der Waals surface area contributed by atoms with Gasteiger partial charge in [0.2, 0.25) is 5.88 Å². The summed E-state index contributed by atoms with van der Waals surface area (Å²) in [6.07, 6.45) is -4.51. The van der Waals surface area contributed by atoms with Gasteiger partial charge in [0.15, 0.2) is 0 Å². The molecule has 0 aliphatic carbocycles. The summed E-state index contributed by atoms with van der Waals surface area (Å²) in [5.41, 5.74) is -1.02. The fraction of sp³-hybridized carbons (Fsp3) is 0.0833. The maximum absolute atomic E-state index is 12.4. The number of phenols is 1. The standard InChI is InChI=1S/C12H8F3NO2/c13-12(14,15)10-2-1-3-11(16-10)18-9-6-4-8(17)5-7-9/h1-7,17H. The Morgan fingerprint density at radius 3 is 2.28 bits per heavy atom. The number of rotatable bonds is 2. The van der Waals surface area contributed by atoms with E-state index in [1.807, 2.05) is 0 Å². The normalized spacial score (nSPS) is 11.3. The Bertz CT molecular complexity index is 538. The van der Waals surface area contributed by atoms with Crippen LogP contribution in [-0.4, -0.2) is 10.1 Å². The maximum atomic E-state index is 12.4. The zero-order chi connectivity index (χ0) is 13.2. The first-order valence-corrected chi connectivity index (χ1v) is 4.96. The number of pyridine rings is 1. The van der Waals surface area contributed by atoms with Crippen LogP contribution in [0.15, 0.2) is 42.5 Å². The molecule has 0 bridgehead atoms. The van der Waals surface area contributed by atoms with Crippen LogP contribution in [0.3, 0.4) is 0 Å². The van der Waals surface area contributed by atoms with Gasteiger partial charge in [-0.25, -0.2) is 4.98 Å². The first-order valence-electron chi connectivity index (χ1n) is 4.96. The molecule has 18 heavy (non-hydrogen) atoms. The Labute approximate surface area is 100 Å². The van der Waals surface area contributed by atoms with Gasteiger partial charge < -0.3 is 9.84 Å². The number of nitrogens with zero attached hydrogens (tertiary/aromatic N) is 1. The molecule has 0 fully saturated rings. The lowest BCUT2D eigenvalue weighted by molar-refractivity contribution is -0.141. The van der Waals surface area contributed by atoms with Gasteiger partial charge in [-0.15, -0.1) is 0 Å². The molecule has 1 aromatic carbocycles. The quantitative estimate of drug-likeness (QED) is 0.891. The first-order chi connectivity index (χ1) is 8.45. The second-order valence-corrected chi connectivity index (χ2v) is 3.45. The highest BCUT2D eigenvalue weighted by molar-refractivity contribution is 5.33. The third-order valence-corrected chi connectivity index (χ3v) is 2.07. The number of hydrogen-bond acceptors (Lipinski definition) is 3. The lowest BCUT2D eigenvalue weighted by Crippen LogP contribution is -2.07. The summed E-state index contributed by atoms with van der Waals surface area (Å²) in [6.45, 7) is 0. The molecule has 0 amide bonds. The van der Waals surface area contributed by atoms with Gasteiger partial charge in [0, 0.05) is 6.07 Å². The summed E-state index contributed by atoms with van der Waals surface area (Å²) in [5.74, 6) is 0.175. The van der Waals surface area contributed by atoms with Crippen LogP contribution >= 0.6 is 0 Å². The van der Waals surface area contributed by atoms with Crippen LogP contribution in [0.25, 0.3) is 0 Å². The molecule has 6 heteroatoms. The second-order valence-electron chi connectivity index (χ2n) is 3.45. The minimum atomic E-state index is -4.51. The average Bonchev–Trinajstić information content (AvgIpc) is 2.31. The van der Waals surface area contributed by atoms with E-state index < -0.39 is 11.9 Å². The van der Waals surface area contributed by atoms with Crippen molar-refractivity contribution < 1.29 is 23.0 Å². The molecule has 0 atom stereocenters. The van der Waals surface area contributed by atoms with Crippen LogP contribution in [0, 0.1) is 0 Å². The van der Waals surface area contributed by atoms with E-state index >= 15 is 0 Å². The van der Waals surface area contributed by atoms with Crippen LogP contribution in [0.5, 0.6) is 17.4 Å². The van der Waals surface area contributed by atoms with E-state index in [0.717, 1.165) is 6.07 Å². The molecule has 0 aliphatic heterocycles. The summed E-state index contributed by atoms with van der Waals surface area (Å²) in [5, 5.41) is 9.05. The molecule has 2 aromatic rings. The van der Waals surface area contributed by atoms with E-state index in [1.165, 1.54) is 36.4 Å². The Kier molecular flexibility index (Phi) is 3.10. The fourth-order valence-corrected chi connectivity index (χ4v) is 1.26. The van der Waals surface area contributed by atoms with Crippen LogP contribution in [-0.2, 0) is 6.18 Å². The summed E-state index contributed by atoms with van der Waals surface area (Å²) in [7, 11) is 0. The van der Waals surface area contributed by atoms with Crippen LogP contribution < -0.4 is 4.74 Å². The van der Waals surface area contributed by atoms with Crippen molar-refractivity contribution in [2.24, 2.45) is 0 Å². The SMILES string of the molecule is Oc1ccc(Oc2cccc(C(F)(F)F)n2)cc1. The summed E-state index contributed by atoms with van der Waals surface area (Å²) in [6, 6.07) is 8.98. The van der Waals surface area contributed by atoms with E-state index in [4.69, 9.17) is 9.84 Å². The molecule has 1 N–H and O–H groups in total. The molecular weight excluding hydrogens is 247 g/mol. The highest BCUT2D eigenvalue weighted by atomic mass is 19.4. The van der Waals surface area contributed by atoms with Gasteiger partial charge >= 0.3 is 6.18 Å². The molecule has 0 saturated carbocycles. The Morgan fingerprint density at radius 1 is 1.00 bits per heavy atom. The molecule has 0 saturated heterocycles. The van der Waals surface area contributed by atoms with Crippen LogP contribution in [0.1, 0.15) is 5.69 Å². The van der Waals surface area contributed by atoms with Gasteiger partial charge in [-0.2, -0.15) is 13.2 Å². The van der Waals surface area contributed by atoms with Gasteiger partial charge in [-0.3, -0.25) is 0 Å². The number of halogens is 3. The molecule has 0 aliphatic rings. The van der Waals surface area contributed by atoms with Gasteiger partial charge in [0.1, 0.15) is 17.2 Å². The van der Waals surface area contributed by atoms with Crippen LogP contribution in [0.2, 0.25) is 0 Å². The third kappa shape index (κ3) is 2.91. The van der Waals surface area contributed by atoms with Crippen molar-refractivity contribution in [3.63, 3.8) is 0 Å². The van der Waals surface area contributed by atoms with E-state index in [2.05, 4.69) is 4.98 Å². The van der Waals surface area contributed by atoms with E-state index in [0.29, 0.717) is 5.75 Å².